The lowest BCUT2D eigenvalue weighted by Gasteiger charge is -2.26. The molecule has 0 spiro atoms. The van der Waals surface area contributed by atoms with Crippen molar-refractivity contribution in [2.75, 3.05) is 13.1 Å². The normalized spacial score (nSPS) is 24.5. The van der Waals surface area contributed by atoms with E-state index in [0.29, 0.717) is 23.2 Å². The quantitative estimate of drug-likeness (QED) is 0.861. The van der Waals surface area contributed by atoms with Gasteiger partial charge in [0.15, 0.2) is 5.78 Å². The molecule has 1 fully saturated rings. The second kappa shape index (κ2) is 5.80. The average molecular weight is 348 g/mol. The summed E-state index contributed by atoms with van der Waals surface area (Å²) >= 11 is 0. The SMILES string of the molecule is Cc1ccccc1C(=O)N1C[C@H]2NC(=O)c3ccccc3C(=O)[C@@]2(C)C1. The van der Waals surface area contributed by atoms with Crippen molar-refractivity contribution >= 4 is 17.6 Å². The summed E-state index contributed by atoms with van der Waals surface area (Å²) in [6, 6.07) is 13.9. The molecule has 0 saturated carbocycles. The van der Waals surface area contributed by atoms with Crippen LogP contribution >= 0.6 is 0 Å². The molecule has 2 amide bonds. The Morgan fingerprint density at radius 1 is 1.08 bits per heavy atom. The van der Waals surface area contributed by atoms with E-state index >= 15 is 0 Å². The molecule has 5 heteroatoms. The summed E-state index contributed by atoms with van der Waals surface area (Å²) in [7, 11) is 0. The Kier molecular flexibility index (Phi) is 3.68. The number of aryl methyl sites for hydroxylation is 1. The van der Waals surface area contributed by atoms with Crippen molar-refractivity contribution in [2.45, 2.75) is 19.9 Å². The molecule has 0 aromatic heterocycles. The molecule has 0 unspecified atom stereocenters. The summed E-state index contributed by atoms with van der Waals surface area (Å²) in [6.45, 7) is 4.35. The number of likely N-dealkylation sites (tertiary alicyclic amines) is 1. The van der Waals surface area contributed by atoms with E-state index in [0.717, 1.165) is 5.56 Å². The van der Waals surface area contributed by atoms with Gasteiger partial charge in [0.2, 0.25) is 0 Å². The van der Waals surface area contributed by atoms with Crippen LogP contribution < -0.4 is 5.32 Å². The molecule has 2 aliphatic heterocycles. The largest absolute Gasteiger partial charge is 0.346 e. The molecule has 0 aliphatic carbocycles. The highest BCUT2D eigenvalue weighted by atomic mass is 16.2. The molecule has 2 heterocycles. The number of amides is 2. The topological polar surface area (TPSA) is 66.5 Å². The molecule has 0 bridgehead atoms. The number of fused-ring (bicyclic) bond motifs is 2. The maximum Gasteiger partial charge on any atom is 0.254 e. The van der Waals surface area contributed by atoms with Gasteiger partial charge >= 0.3 is 0 Å². The smallest absolute Gasteiger partial charge is 0.254 e. The van der Waals surface area contributed by atoms with Gasteiger partial charge < -0.3 is 10.2 Å². The van der Waals surface area contributed by atoms with E-state index in [1.54, 1.807) is 35.2 Å². The fourth-order valence-corrected chi connectivity index (χ4v) is 3.99. The van der Waals surface area contributed by atoms with Crippen LogP contribution in [0.5, 0.6) is 0 Å². The van der Waals surface area contributed by atoms with E-state index in [9.17, 15) is 14.4 Å². The van der Waals surface area contributed by atoms with E-state index in [4.69, 9.17) is 0 Å². The van der Waals surface area contributed by atoms with Gasteiger partial charge in [-0.2, -0.15) is 0 Å². The lowest BCUT2D eigenvalue weighted by atomic mass is 9.78. The third kappa shape index (κ3) is 2.35. The number of nitrogens with zero attached hydrogens (tertiary/aromatic N) is 1. The number of nitrogens with one attached hydrogen (secondary N) is 1. The van der Waals surface area contributed by atoms with Crippen LogP contribution in [0.25, 0.3) is 0 Å². The van der Waals surface area contributed by atoms with E-state index in [-0.39, 0.29) is 24.1 Å². The molecule has 1 saturated heterocycles. The van der Waals surface area contributed by atoms with Crippen LogP contribution in [0.2, 0.25) is 0 Å². The molecular weight excluding hydrogens is 328 g/mol. The first-order valence-corrected chi connectivity index (χ1v) is 8.71. The molecule has 2 aromatic rings. The number of carbonyl (C=O) groups excluding carboxylic acids is 3. The summed E-state index contributed by atoms with van der Waals surface area (Å²) in [5.74, 6) is -0.447. The zero-order valence-electron chi connectivity index (χ0n) is 14.8. The highest BCUT2D eigenvalue weighted by Crippen LogP contribution is 2.37. The Balaban J connectivity index is 1.70. The molecule has 132 valence electrons. The molecule has 0 radical (unpaired) electrons. The maximum absolute atomic E-state index is 13.2. The van der Waals surface area contributed by atoms with Gasteiger partial charge in [0.1, 0.15) is 0 Å². The van der Waals surface area contributed by atoms with Crippen LogP contribution in [0, 0.1) is 12.3 Å². The summed E-state index contributed by atoms with van der Waals surface area (Å²) in [5, 5.41) is 2.97. The van der Waals surface area contributed by atoms with Gasteiger partial charge in [0.25, 0.3) is 11.8 Å². The van der Waals surface area contributed by atoms with E-state index in [1.165, 1.54) is 0 Å². The third-order valence-electron chi connectivity index (χ3n) is 5.59. The number of Topliss-reactive ketones (excluding diaryl/α,β-unsaturated/α-hetero) is 1. The minimum Gasteiger partial charge on any atom is -0.346 e. The lowest BCUT2D eigenvalue weighted by Crippen LogP contribution is -2.47. The van der Waals surface area contributed by atoms with E-state index in [1.807, 2.05) is 32.0 Å². The standard InChI is InChI=1S/C21H20N2O3/c1-13-7-3-4-8-14(13)20(26)23-11-17-21(2,12-23)18(24)15-9-5-6-10-16(15)19(25)22-17/h3-10,17H,11-12H2,1-2H3,(H,22,25)/t17-,21+/m1/s1. The second-order valence-electron chi connectivity index (χ2n) is 7.32. The van der Waals surface area contributed by atoms with Crippen molar-refractivity contribution < 1.29 is 14.4 Å². The molecule has 1 N–H and O–H groups in total. The fourth-order valence-electron chi connectivity index (χ4n) is 3.99. The molecular formula is C21H20N2O3. The van der Waals surface area contributed by atoms with Crippen molar-refractivity contribution in [3.05, 3.63) is 70.8 Å². The van der Waals surface area contributed by atoms with Crippen LogP contribution in [-0.4, -0.2) is 41.6 Å². The van der Waals surface area contributed by atoms with Crippen molar-refractivity contribution in [3.8, 4) is 0 Å². The number of rotatable bonds is 1. The van der Waals surface area contributed by atoms with Gasteiger partial charge in [0, 0.05) is 24.2 Å². The minimum atomic E-state index is -0.833. The van der Waals surface area contributed by atoms with Crippen molar-refractivity contribution in [3.63, 3.8) is 0 Å². The van der Waals surface area contributed by atoms with Crippen LogP contribution in [0.15, 0.2) is 48.5 Å². The predicted molar refractivity (Wildman–Crippen MR) is 97.2 cm³/mol. The first-order chi connectivity index (χ1) is 12.4. The van der Waals surface area contributed by atoms with Gasteiger partial charge in [-0.3, -0.25) is 14.4 Å². The Labute approximate surface area is 152 Å². The number of carbonyl (C=O) groups is 3. The third-order valence-corrected chi connectivity index (χ3v) is 5.59. The summed E-state index contributed by atoms with van der Waals surface area (Å²) < 4.78 is 0. The predicted octanol–water partition coefficient (Wildman–Crippen LogP) is 2.45. The Morgan fingerprint density at radius 3 is 2.46 bits per heavy atom. The second-order valence-corrected chi connectivity index (χ2v) is 7.32. The minimum absolute atomic E-state index is 0.0865. The van der Waals surface area contributed by atoms with Crippen LogP contribution in [0.3, 0.4) is 0 Å². The Hall–Kier alpha value is -2.95. The molecule has 2 aliphatic rings. The molecule has 5 nitrogen and oxygen atoms in total. The Morgan fingerprint density at radius 2 is 1.73 bits per heavy atom. The summed E-state index contributed by atoms with van der Waals surface area (Å²) in [5.41, 5.74) is 1.54. The molecule has 4 rings (SSSR count). The summed E-state index contributed by atoms with van der Waals surface area (Å²) in [6.07, 6.45) is 0. The van der Waals surface area contributed by atoms with E-state index in [2.05, 4.69) is 5.32 Å². The lowest BCUT2D eigenvalue weighted by molar-refractivity contribution is 0.0739. The summed E-state index contributed by atoms with van der Waals surface area (Å²) in [4.78, 5) is 40.5. The zero-order valence-corrected chi connectivity index (χ0v) is 14.8. The van der Waals surface area contributed by atoms with Gasteiger partial charge in [-0.05, 0) is 31.5 Å². The number of hydrogen-bond donors (Lipinski definition) is 1. The van der Waals surface area contributed by atoms with Crippen LogP contribution in [-0.2, 0) is 0 Å². The van der Waals surface area contributed by atoms with Crippen molar-refractivity contribution in [1.82, 2.24) is 10.2 Å². The molecule has 26 heavy (non-hydrogen) atoms. The van der Waals surface area contributed by atoms with Crippen LogP contribution in [0.1, 0.15) is 43.6 Å². The monoisotopic (exact) mass is 348 g/mol. The Bertz CT molecular complexity index is 936. The highest BCUT2D eigenvalue weighted by molar-refractivity contribution is 6.13. The number of ketones is 1. The van der Waals surface area contributed by atoms with Crippen molar-refractivity contribution in [1.29, 1.82) is 0 Å². The zero-order chi connectivity index (χ0) is 18.5. The van der Waals surface area contributed by atoms with Gasteiger partial charge in [-0.15, -0.1) is 0 Å². The fraction of sp³-hybridized carbons (Fsp3) is 0.286. The first kappa shape index (κ1) is 16.5. The van der Waals surface area contributed by atoms with E-state index < -0.39 is 11.5 Å². The van der Waals surface area contributed by atoms with Gasteiger partial charge in [0.05, 0.1) is 17.0 Å². The molecule has 2 aromatic carbocycles. The van der Waals surface area contributed by atoms with Crippen molar-refractivity contribution in [2.24, 2.45) is 5.41 Å². The van der Waals surface area contributed by atoms with Gasteiger partial charge in [-0.25, -0.2) is 0 Å². The molecule has 2 atom stereocenters. The maximum atomic E-state index is 13.2. The van der Waals surface area contributed by atoms with Crippen LogP contribution in [0.4, 0.5) is 0 Å². The average Bonchev–Trinajstić information content (AvgIpc) is 2.95. The number of benzene rings is 2. The van der Waals surface area contributed by atoms with Gasteiger partial charge in [-0.1, -0.05) is 36.4 Å². The highest BCUT2D eigenvalue weighted by Gasteiger charge is 2.52. The first-order valence-electron chi connectivity index (χ1n) is 8.71. The number of hydrogen-bond acceptors (Lipinski definition) is 3.